The quantitative estimate of drug-likeness (QED) is 0.663. The monoisotopic (exact) mass is 454 g/mol. The van der Waals surface area contributed by atoms with Crippen molar-refractivity contribution in [1.29, 1.82) is 0 Å². The zero-order valence-corrected chi connectivity index (χ0v) is 18.8. The zero-order valence-electron chi connectivity index (χ0n) is 18.8. The van der Waals surface area contributed by atoms with Gasteiger partial charge in [0.15, 0.2) is 0 Å². The third-order valence-electron chi connectivity index (χ3n) is 6.53. The Labute approximate surface area is 187 Å². The average Bonchev–Trinajstić information content (AvgIpc) is 2.78. The van der Waals surface area contributed by atoms with Crippen LogP contribution in [0.1, 0.15) is 57.9 Å². The molecular formula is C23H33F3N4O2. The Balaban J connectivity index is 1.68. The van der Waals surface area contributed by atoms with Gasteiger partial charge >= 0.3 is 6.18 Å². The molecule has 3 heterocycles. The second-order valence-corrected chi connectivity index (χ2v) is 8.92. The first-order valence-corrected chi connectivity index (χ1v) is 11.6. The summed E-state index contributed by atoms with van der Waals surface area (Å²) in [7, 11) is 0. The molecular weight excluding hydrogens is 421 g/mol. The number of alkyl halides is 3. The second-order valence-electron chi connectivity index (χ2n) is 8.92. The van der Waals surface area contributed by atoms with E-state index >= 15 is 0 Å². The maximum Gasteiger partial charge on any atom is 0.419 e. The SMILES string of the molecule is CCCCNC(=O)C1CCC(C)N(C(=O)C2CCCN(c3ncccc3C(F)(F)F)C2)C1. The summed E-state index contributed by atoms with van der Waals surface area (Å²) in [5.74, 6) is -0.845. The number of amides is 2. The summed E-state index contributed by atoms with van der Waals surface area (Å²) in [6, 6.07) is 2.32. The number of rotatable bonds is 6. The fraction of sp³-hybridized carbons (Fsp3) is 0.696. The average molecular weight is 455 g/mol. The molecule has 0 aliphatic carbocycles. The molecule has 2 saturated heterocycles. The summed E-state index contributed by atoms with van der Waals surface area (Å²) in [5, 5.41) is 2.96. The highest BCUT2D eigenvalue weighted by Gasteiger charge is 2.40. The van der Waals surface area contributed by atoms with Crippen molar-refractivity contribution in [1.82, 2.24) is 15.2 Å². The van der Waals surface area contributed by atoms with Gasteiger partial charge in [-0.25, -0.2) is 4.98 Å². The first-order valence-electron chi connectivity index (χ1n) is 11.6. The van der Waals surface area contributed by atoms with Crippen LogP contribution in [0, 0.1) is 11.8 Å². The zero-order chi connectivity index (χ0) is 23.3. The molecule has 9 heteroatoms. The Morgan fingerprint density at radius 3 is 2.69 bits per heavy atom. The van der Waals surface area contributed by atoms with Crippen molar-refractivity contribution in [3.8, 4) is 0 Å². The summed E-state index contributed by atoms with van der Waals surface area (Å²) in [5.41, 5.74) is -0.775. The minimum atomic E-state index is -4.50. The highest BCUT2D eigenvalue weighted by atomic mass is 19.4. The van der Waals surface area contributed by atoms with Gasteiger partial charge in [0.25, 0.3) is 0 Å². The van der Waals surface area contributed by atoms with Gasteiger partial charge in [-0.15, -0.1) is 0 Å². The molecule has 2 aliphatic heterocycles. The molecule has 2 amide bonds. The topological polar surface area (TPSA) is 65.5 Å². The van der Waals surface area contributed by atoms with Gasteiger partial charge in [0.2, 0.25) is 11.8 Å². The number of likely N-dealkylation sites (tertiary alicyclic amines) is 1. The van der Waals surface area contributed by atoms with Crippen molar-refractivity contribution >= 4 is 17.6 Å². The number of nitrogens with zero attached hydrogens (tertiary/aromatic N) is 3. The molecule has 178 valence electrons. The van der Waals surface area contributed by atoms with Crippen molar-refractivity contribution in [2.75, 3.05) is 31.1 Å². The van der Waals surface area contributed by atoms with E-state index in [0.717, 1.165) is 31.7 Å². The summed E-state index contributed by atoms with van der Waals surface area (Å²) >= 11 is 0. The number of carbonyl (C=O) groups excluding carboxylic acids is 2. The highest BCUT2D eigenvalue weighted by molar-refractivity contribution is 5.83. The fourth-order valence-corrected chi connectivity index (χ4v) is 4.64. The highest BCUT2D eigenvalue weighted by Crippen LogP contribution is 2.37. The molecule has 32 heavy (non-hydrogen) atoms. The van der Waals surface area contributed by atoms with Crippen LogP contribution in [0.25, 0.3) is 0 Å². The number of carbonyl (C=O) groups is 2. The lowest BCUT2D eigenvalue weighted by molar-refractivity contribution is -0.142. The molecule has 0 aromatic carbocycles. The van der Waals surface area contributed by atoms with Crippen molar-refractivity contribution in [2.45, 2.75) is 64.6 Å². The Hall–Kier alpha value is -2.32. The molecule has 3 atom stereocenters. The maximum absolute atomic E-state index is 13.5. The Bertz CT molecular complexity index is 802. The molecule has 0 saturated carbocycles. The predicted molar refractivity (Wildman–Crippen MR) is 116 cm³/mol. The number of nitrogens with one attached hydrogen (secondary N) is 1. The van der Waals surface area contributed by atoms with Gasteiger partial charge in [-0.3, -0.25) is 9.59 Å². The number of halogens is 3. The minimum absolute atomic E-state index is 0.0122. The van der Waals surface area contributed by atoms with Gasteiger partial charge in [-0.1, -0.05) is 13.3 Å². The van der Waals surface area contributed by atoms with Gasteiger partial charge in [-0.2, -0.15) is 13.2 Å². The predicted octanol–water partition coefficient (Wildman–Crippen LogP) is 3.86. The summed E-state index contributed by atoms with van der Waals surface area (Å²) in [6.45, 7) is 5.68. The van der Waals surface area contributed by atoms with E-state index in [-0.39, 0.29) is 36.1 Å². The second kappa shape index (κ2) is 10.5. The molecule has 2 aliphatic rings. The lowest BCUT2D eigenvalue weighted by Gasteiger charge is -2.41. The molecule has 1 N–H and O–H groups in total. The van der Waals surface area contributed by atoms with Gasteiger partial charge in [0.05, 0.1) is 17.4 Å². The minimum Gasteiger partial charge on any atom is -0.356 e. The number of hydrogen-bond donors (Lipinski definition) is 1. The summed E-state index contributed by atoms with van der Waals surface area (Å²) < 4.78 is 40.4. The summed E-state index contributed by atoms with van der Waals surface area (Å²) in [4.78, 5) is 33.2. The van der Waals surface area contributed by atoms with Gasteiger partial charge in [0, 0.05) is 38.4 Å². The van der Waals surface area contributed by atoms with Crippen LogP contribution < -0.4 is 10.2 Å². The number of aromatic nitrogens is 1. The molecule has 3 unspecified atom stereocenters. The molecule has 1 aromatic rings. The molecule has 3 rings (SSSR count). The number of unbranched alkanes of at least 4 members (excludes halogenated alkanes) is 1. The third-order valence-corrected chi connectivity index (χ3v) is 6.53. The Morgan fingerprint density at radius 2 is 1.97 bits per heavy atom. The van der Waals surface area contributed by atoms with Crippen molar-refractivity contribution in [2.24, 2.45) is 11.8 Å². The first kappa shape index (κ1) is 24.3. The van der Waals surface area contributed by atoms with Crippen LogP contribution in [-0.2, 0) is 15.8 Å². The lowest BCUT2D eigenvalue weighted by atomic mass is 9.89. The number of pyridine rings is 1. The number of anilines is 1. The van der Waals surface area contributed by atoms with Crippen molar-refractivity contribution < 1.29 is 22.8 Å². The van der Waals surface area contributed by atoms with E-state index in [0.29, 0.717) is 32.5 Å². The molecule has 6 nitrogen and oxygen atoms in total. The van der Waals surface area contributed by atoms with Gasteiger partial charge in [0.1, 0.15) is 5.82 Å². The maximum atomic E-state index is 13.5. The van der Waals surface area contributed by atoms with E-state index in [2.05, 4.69) is 17.2 Å². The number of hydrogen-bond acceptors (Lipinski definition) is 4. The Kier molecular flexibility index (Phi) is 8.00. The van der Waals surface area contributed by atoms with E-state index in [1.807, 2.05) is 6.92 Å². The largest absolute Gasteiger partial charge is 0.419 e. The van der Waals surface area contributed by atoms with Gasteiger partial charge in [-0.05, 0) is 51.2 Å². The standard InChI is InChI=1S/C23H33F3N4O2/c1-3-4-11-28-21(31)17-10-9-16(2)30(15-17)22(32)18-7-6-13-29(14-18)20-19(23(24,25)26)8-5-12-27-20/h5,8,12,16-18H,3-4,6-7,9-11,13-15H2,1-2H3,(H,28,31). The van der Waals surface area contributed by atoms with E-state index in [9.17, 15) is 22.8 Å². The van der Waals surface area contributed by atoms with Crippen LogP contribution in [-0.4, -0.2) is 53.9 Å². The van der Waals surface area contributed by atoms with Crippen LogP contribution in [0.15, 0.2) is 18.3 Å². The molecule has 2 fully saturated rings. The van der Waals surface area contributed by atoms with E-state index < -0.39 is 17.7 Å². The van der Waals surface area contributed by atoms with Crippen molar-refractivity contribution in [3.05, 3.63) is 23.9 Å². The van der Waals surface area contributed by atoms with Crippen LogP contribution in [0.2, 0.25) is 0 Å². The van der Waals surface area contributed by atoms with Gasteiger partial charge < -0.3 is 15.1 Å². The Morgan fingerprint density at radius 1 is 1.19 bits per heavy atom. The summed E-state index contributed by atoms with van der Waals surface area (Å²) in [6.07, 6.45) is 1.49. The molecule has 0 radical (unpaired) electrons. The van der Waals surface area contributed by atoms with Crippen LogP contribution in [0.5, 0.6) is 0 Å². The smallest absolute Gasteiger partial charge is 0.356 e. The third kappa shape index (κ3) is 5.72. The van der Waals surface area contributed by atoms with E-state index in [4.69, 9.17) is 0 Å². The molecule has 1 aromatic heterocycles. The number of piperidine rings is 2. The fourth-order valence-electron chi connectivity index (χ4n) is 4.64. The van der Waals surface area contributed by atoms with Crippen molar-refractivity contribution in [3.63, 3.8) is 0 Å². The normalized spacial score (nSPS) is 24.3. The van der Waals surface area contributed by atoms with Crippen LogP contribution in [0.3, 0.4) is 0 Å². The van der Waals surface area contributed by atoms with Crippen LogP contribution in [0.4, 0.5) is 19.0 Å². The van der Waals surface area contributed by atoms with E-state index in [1.54, 1.807) is 9.80 Å². The van der Waals surface area contributed by atoms with Crippen LogP contribution >= 0.6 is 0 Å². The molecule has 0 bridgehead atoms. The lowest BCUT2D eigenvalue weighted by Crippen LogP contribution is -2.53. The first-order chi connectivity index (χ1) is 15.2. The molecule has 0 spiro atoms. The van der Waals surface area contributed by atoms with E-state index in [1.165, 1.54) is 12.3 Å².